The predicted molar refractivity (Wildman–Crippen MR) is 289 cm³/mol. The van der Waals surface area contributed by atoms with E-state index in [1.165, 1.54) is 20.7 Å². The average Bonchev–Trinajstić information content (AvgIpc) is 3.93. The zero-order chi connectivity index (χ0) is 46.1. The second kappa shape index (κ2) is 16.2. The van der Waals surface area contributed by atoms with Crippen LogP contribution in [0.4, 0.5) is 22.7 Å². The van der Waals surface area contributed by atoms with E-state index in [-0.39, 0.29) is 0 Å². The Labute approximate surface area is 404 Å². The summed E-state index contributed by atoms with van der Waals surface area (Å²) in [5, 5.41) is 19.5. The molecule has 0 unspecified atom stereocenters. The molecule has 0 saturated heterocycles. The smallest absolute Gasteiger partial charge is 0.188 e. The van der Waals surface area contributed by atoms with E-state index in [9.17, 15) is 5.26 Å². The second-order valence-electron chi connectivity index (χ2n) is 17.5. The van der Waals surface area contributed by atoms with Gasteiger partial charge in [-0.3, -0.25) is 0 Å². The van der Waals surface area contributed by atoms with Crippen LogP contribution in [0.25, 0.3) is 59.8 Å². The zero-order valence-corrected chi connectivity index (χ0v) is 39.0. The Hall–Kier alpha value is -8.85. The van der Waals surface area contributed by atoms with Crippen LogP contribution in [0, 0.1) is 17.9 Å². The van der Waals surface area contributed by atoms with Crippen LogP contribution >= 0.6 is 11.8 Å². The third kappa shape index (κ3) is 6.30. The highest BCUT2D eigenvalue weighted by molar-refractivity contribution is 7.99. The summed E-state index contributed by atoms with van der Waals surface area (Å²) < 4.78 is 4.67. The highest BCUT2D eigenvalue weighted by Gasteiger charge is 2.42. The second-order valence-corrected chi connectivity index (χ2v) is 22.4. The molecule has 3 heterocycles. The van der Waals surface area contributed by atoms with Gasteiger partial charge in [0.15, 0.2) is 13.8 Å². The molecule has 1 aliphatic heterocycles. The molecule has 0 atom stereocenters. The van der Waals surface area contributed by atoms with Crippen molar-refractivity contribution in [2.75, 3.05) is 4.90 Å². The van der Waals surface area contributed by atoms with Crippen molar-refractivity contribution in [1.29, 1.82) is 5.26 Å². The Kier molecular flexibility index (Phi) is 9.48. The maximum absolute atomic E-state index is 9.89. The average molecular weight is 914 g/mol. The molecule has 10 aromatic carbocycles. The topological polar surface area (TPSA) is 41.2 Å². The van der Waals surface area contributed by atoms with E-state index in [4.69, 9.17) is 6.57 Å². The van der Waals surface area contributed by atoms with Crippen molar-refractivity contribution in [1.82, 2.24) is 9.13 Å². The third-order valence-corrected chi connectivity index (χ3v) is 19.7. The number of hydrogen-bond donors (Lipinski definition) is 0. The van der Waals surface area contributed by atoms with Gasteiger partial charge in [0, 0.05) is 43.0 Å². The summed E-state index contributed by atoms with van der Waals surface area (Å²) in [6.07, 6.45) is 0. The van der Waals surface area contributed by atoms with Crippen LogP contribution in [0.1, 0.15) is 5.56 Å². The summed E-state index contributed by atoms with van der Waals surface area (Å²) in [6.45, 7) is 7.79. The minimum atomic E-state index is -2.86. The first-order valence-electron chi connectivity index (χ1n) is 23.0. The maximum atomic E-state index is 9.89. The van der Waals surface area contributed by atoms with Gasteiger partial charge in [-0.15, -0.1) is 0 Å². The normalized spacial score (nSPS) is 12.2. The van der Waals surface area contributed by atoms with E-state index in [0.717, 1.165) is 81.8 Å². The van der Waals surface area contributed by atoms with Crippen molar-refractivity contribution in [3.63, 3.8) is 0 Å². The van der Waals surface area contributed by atoms with Crippen LogP contribution in [0.2, 0.25) is 0 Å². The van der Waals surface area contributed by atoms with Crippen LogP contribution < -0.4 is 25.6 Å². The van der Waals surface area contributed by atoms with E-state index in [1.54, 1.807) is 11.8 Å². The molecule has 0 saturated carbocycles. The molecule has 0 N–H and O–H groups in total. The Morgan fingerprint density at radius 2 is 0.884 bits per heavy atom. The molecule has 0 radical (unpaired) electrons. The van der Waals surface area contributed by atoms with Gasteiger partial charge < -0.3 is 14.0 Å². The minimum absolute atomic E-state index is 0.629. The molecule has 0 amide bonds. The fourth-order valence-electron chi connectivity index (χ4n) is 10.9. The molecule has 7 heteroatoms. The van der Waals surface area contributed by atoms with Crippen LogP contribution in [0.5, 0.6) is 0 Å². The van der Waals surface area contributed by atoms with Gasteiger partial charge in [-0.1, -0.05) is 157 Å². The molecular weight excluding hydrogens is 875 g/mol. The van der Waals surface area contributed by atoms with Gasteiger partial charge in [0.1, 0.15) is 0 Å². The lowest BCUT2D eigenvalue weighted by molar-refractivity contribution is 1.11. The van der Waals surface area contributed by atoms with Gasteiger partial charge in [-0.2, -0.15) is 5.26 Å². The fraction of sp³-hybridized carbons (Fsp3) is 0. The molecule has 5 nitrogen and oxygen atoms in total. The van der Waals surface area contributed by atoms with Crippen LogP contribution in [0.3, 0.4) is 0 Å². The first-order valence-corrected chi connectivity index (χ1v) is 25.8. The summed E-state index contributed by atoms with van der Waals surface area (Å²) >= 11 is 1.80. The number of fused-ring (bicyclic) bond motifs is 8. The summed E-state index contributed by atoms with van der Waals surface area (Å²) in [5.41, 5.74) is 11.0. The molecule has 0 spiro atoms. The maximum Gasteiger partial charge on any atom is 0.188 e. The lowest BCUT2D eigenvalue weighted by Gasteiger charge is -2.37. The van der Waals surface area contributed by atoms with Crippen LogP contribution in [-0.2, 0) is 0 Å². The predicted octanol–water partition coefficient (Wildman–Crippen LogP) is 13.6. The van der Waals surface area contributed by atoms with Crippen molar-refractivity contribution < 1.29 is 0 Å². The molecule has 0 fully saturated rings. The molecule has 13 rings (SSSR count). The van der Waals surface area contributed by atoms with Crippen LogP contribution in [0.15, 0.2) is 246 Å². The minimum Gasteiger partial charge on any atom is -0.309 e. The van der Waals surface area contributed by atoms with E-state index >= 15 is 0 Å². The van der Waals surface area contributed by atoms with Gasteiger partial charge in [0.25, 0.3) is 0 Å². The quantitative estimate of drug-likeness (QED) is 0.0909. The summed E-state index contributed by atoms with van der Waals surface area (Å²) in [5.74, 6) is 0. The van der Waals surface area contributed by atoms with E-state index in [1.807, 2.05) is 24.3 Å². The van der Waals surface area contributed by atoms with Crippen LogP contribution in [-0.4, -0.2) is 17.2 Å². The molecule has 0 bridgehead atoms. The zero-order valence-electron chi connectivity index (χ0n) is 37.2. The Balaban J connectivity index is 1.05. The molecule has 2 aromatic heterocycles. The number of benzene rings is 10. The molecule has 322 valence electrons. The number of aromatic nitrogens is 2. The Morgan fingerprint density at radius 3 is 1.42 bits per heavy atom. The lowest BCUT2D eigenvalue weighted by Crippen LogP contribution is -2.74. The number of anilines is 3. The molecule has 69 heavy (non-hydrogen) atoms. The van der Waals surface area contributed by atoms with Crippen molar-refractivity contribution in [3.05, 3.63) is 254 Å². The number of rotatable bonds is 7. The van der Waals surface area contributed by atoms with Gasteiger partial charge in [0.05, 0.1) is 51.6 Å². The van der Waals surface area contributed by atoms with E-state index in [2.05, 4.69) is 237 Å². The molecular formula is C62H39N5SSi. The first kappa shape index (κ1) is 40.4. The highest BCUT2D eigenvalue weighted by atomic mass is 32.2. The first-order chi connectivity index (χ1) is 34.1. The third-order valence-electron chi connectivity index (χ3n) is 13.8. The summed E-state index contributed by atoms with van der Waals surface area (Å²) in [4.78, 5) is 8.50. The number of para-hydroxylation sites is 2. The molecule has 12 aromatic rings. The fourth-order valence-corrected chi connectivity index (χ4v) is 16.8. The Morgan fingerprint density at radius 1 is 0.406 bits per heavy atom. The molecule has 0 aliphatic carbocycles. The van der Waals surface area contributed by atoms with Gasteiger partial charge in [-0.25, -0.2) is 4.85 Å². The van der Waals surface area contributed by atoms with Crippen molar-refractivity contribution >= 4 is 107 Å². The standard InChI is InChI=1S/C62H39N5SSi/c1-64-43-29-33-58-54(37-43)52-25-12-14-27-56(52)66(58)46-31-35-60-62(40-46)68-61-39-45(65-55-26-13-11-24-51(55)53-36-42(41-63)28-32-57(53)65)30-34-59(61)67(60)44-16-15-23-50(38-44)69(47-17-5-2-6-18-47,48-19-7-3-8-20-48)49-21-9-4-10-22-49/h2-40H. The summed E-state index contributed by atoms with van der Waals surface area (Å²) in [7, 11) is -2.86. The summed E-state index contributed by atoms with van der Waals surface area (Å²) in [6, 6.07) is 87.7. The number of nitrogens with zero attached hydrogens (tertiary/aromatic N) is 5. The highest BCUT2D eigenvalue weighted by Crippen LogP contribution is 2.53. The molecule has 1 aliphatic rings. The van der Waals surface area contributed by atoms with Crippen molar-refractivity contribution in [2.45, 2.75) is 9.79 Å². The largest absolute Gasteiger partial charge is 0.309 e. The Bertz CT molecular complexity index is 3810. The number of nitriles is 1. The number of hydrogen-bond acceptors (Lipinski definition) is 3. The van der Waals surface area contributed by atoms with E-state index < -0.39 is 8.07 Å². The lowest BCUT2D eigenvalue weighted by atomic mass is 10.1. The van der Waals surface area contributed by atoms with Crippen molar-refractivity contribution in [2.24, 2.45) is 0 Å². The van der Waals surface area contributed by atoms with Gasteiger partial charge in [-0.05, 0) is 117 Å². The monoisotopic (exact) mass is 913 g/mol. The van der Waals surface area contributed by atoms with Crippen molar-refractivity contribution in [3.8, 4) is 17.4 Å². The van der Waals surface area contributed by atoms with E-state index in [0.29, 0.717) is 11.3 Å². The van der Waals surface area contributed by atoms with Gasteiger partial charge >= 0.3 is 0 Å². The SMILES string of the molecule is [C-]#[N+]c1ccc2c(c1)c1ccccc1n2-c1ccc2c(c1)Sc1cc(-n3c4ccccc4c4cc(C#N)ccc43)ccc1N2c1cccc([Si](c2ccccc2)(c2ccccc2)c2ccccc2)c1. The van der Waals surface area contributed by atoms with Gasteiger partial charge in [0.2, 0.25) is 0 Å².